The zero-order valence-electron chi connectivity index (χ0n) is 17.5. The summed E-state index contributed by atoms with van der Waals surface area (Å²) >= 11 is 0. The number of nitrogens with zero attached hydrogens (tertiary/aromatic N) is 1. The summed E-state index contributed by atoms with van der Waals surface area (Å²) in [5.74, 6) is -5.13. The number of nitrogens with two attached hydrogens (primary N) is 3. The van der Waals surface area contributed by atoms with Gasteiger partial charge in [0.1, 0.15) is 24.2 Å². The number of nitrogens with one attached hydrogen (secondary N) is 2. The fraction of sp³-hybridized carbons (Fsp3) is 0.667. The van der Waals surface area contributed by atoms with Crippen molar-refractivity contribution in [1.29, 1.82) is 0 Å². The van der Waals surface area contributed by atoms with Gasteiger partial charge < -0.3 is 42.9 Å². The van der Waals surface area contributed by atoms with E-state index >= 15 is 0 Å². The molecule has 1 heterocycles. The second-order valence-electron chi connectivity index (χ2n) is 7.45. The number of carbonyl (C=O) groups excluding carboxylic acids is 5. The third kappa shape index (κ3) is 8.11. The Hall–Kier alpha value is -3.26. The summed E-state index contributed by atoms with van der Waals surface area (Å²) in [5, 5.41) is 23.0. The summed E-state index contributed by atoms with van der Waals surface area (Å²) in [7, 11) is 0. The number of hydrogen-bond donors (Lipinski definition) is 7. The normalized spacial score (nSPS) is 18.3. The molecule has 0 aromatic carbocycles. The van der Waals surface area contributed by atoms with Crippen molar-refractivity contribution < 1.29 is 39.0 Å². The van der Waals surface area contributed by atoms with Crippen molar-refractivity contribution in [3.8, 4) is 0 Å². The van der Waals surface area contributed by atoms with Crippen LogP contribution in [0.2, 0.25) is 0 Å². The molecule has 180 valence electrons. The third-order valence-corrected chi connectivity index (χ3v) is 4.96. The van der Waals surface area contributed by atoms with Gasteiger partial charge in [-0.1, -0.05) is 0 Å². The maximum atomic E-state index is 13.0. The first-order valence-electron chi connectivity index (χ1n) is 10.0. The minimum Gasteiger partial charge on any atom is -0.480 e. The molecule has 0 aromatic heterocycles. The van der Waals surface area contributed by atoms with Crippen molar-refractivity contribution >= 4 is 35.5 Å². The van der Waals surface area contributed by atoms with E-state index < -0.39 is 66.3 Å². The first-order chi connectivity index (χ1) is 15.0. The molecule has 0 radical (unpaired) electrons. The lowest BCUT2D eigenvalue weighted by Gasteiger charge is -2.28. The average molecular weight is 458 g/mol. The van der Waals surface area contributed by atoms with E-state index in [0.29, 0.717) is 6.42 Å². The number of aliphatic hydroxyl groups excluding tert-OH is 1. The quantitative estimate of drug-likeness (QED) is 0.141. The summed E-state index contributed by atoms with van der Waals surface area (Å²) in [6.45, 7) is -0.535. The van der Waals surface area contributed by atoms with Crippen LogP contribution in [0.15, 0.2) is 0 Å². The minimum absolute atomic E-state index is 0.159. The van der Waals surface area contributed by atoms with E-state index in [-0.39, 0.29) is 38.6 Å². The number of carboxylic acids is 1. The van der Waals surface area contributed by atoms with Crippen LogP contribution in [-0.4, -0.2) is 87.9 Å². The third-order valence-electron chi connectivity index (χ3n) is 4.96. The summed E-state index contributed by atoms with van der Waals surface area (Å²) in [6, 6.07) is -5.02. The number of likely N-dealkylation sites (tertiary alicyclic amines) is 1. The Kier molecular flexibility index (Phi) is 10.5. The van der Waals surface area contributed by atoms with Gasteiger partial charge in [0.25, 0.3) is 0 Å². The maximum absolute atomic E-state index is 13.0. The molecule has 0 bridgehead atoms. The van der Waals surface area contributed by atoms with Crippen LogP contribution in [0.25, 0.3) is 0 Å². The monoisotopic (exact) mass is 458 g/mol. The van der Waals surface area contributed by atoms with Gasteiger partial charge in [0.2, 0.25) is 29.5 Å². The summed E-state index contributed by atoms with van der Waals surface area (Å²) < 4.78 is 0. The van der Waals surface area contributed by atoms with Crippen molar-refractivity contribution in [1.82, 2.24) is 15.5 Å². The maximum Gasteiger partial charge on any atom is 0.326 e. The van der Waals surface area contributed by atoms with Crippen LogP contribution in [0.1, 0.15) is 38.5 Å². The molecule has 32 heavy (non-hydrogen) atoms. The fourth-order valence-corrected chi connectivity index (χ4v) is 3.22. The van der Waals surface area contributed by atoms with Crippen LogP contribution in [0.5, 0.6) is 0 Å². The van der Waals surface area contributed by atoms with E-state index in [2.05, 4.69) is 10.6 Å². The number of rotatable bonds is 13. The van der Waals surface area contributed by atoms with Crippen LogP contribution >= 0.6 is 0 Å². The predicted molar refractivity (Wildman–Crippen MR) is 108 cm³/mol. The predicted octanol–water partition coefficient (Wildman–Crippen LogP) is -4.12. The van der Waals surface area contributed by atoms with Crippen molar-refractivity contribution in [3.63, 3.8) is 0 Å². The van der Waals surface area contributed by atoms with Gasteiger partial charge in [-0.15, -0.1) is 0 Å². The Labute approximate surface area is 183 Å². The molecule has 0 aliphatic carbocycles. The highest BCUT2D eigenvalue weighted by molar-refractivity contribution is 5.94. The Morgan fingerprint density at radius 3 is 1.97 bits per heavy atom. The van der Waals surface area contributed by atoms with Gasteiger partial charge >= 0.3 is 5.97 Å². The standard InChI is InChI=1S/C18H30N6O8/c19-9(8-25)15(28)22-10(3-5-13(20)26)16(29)23-11(4-6-14(21)27)17(30)24-7-1-2-12(24)18(31)32/h9-12,25H,1-8,19H2,(H2,20,26)(H2,21,27)(H,22,28)(H,23,29)(H,31,32). The van der Waals surface area contributed by atoms with Crippen molar-refractivity contribution in [3.05, 3.63) is 0 Å². The molecular formula is C18H30N6O8. The first-order valence-corrected chi connectivity index (χ1v) is 10.0. The van der Waals surface area contributed by atoms with Crippen LogP contribution < -0.4 is 27.8 Å². The van der Waals surface area contributed by atoms with Gasteiger partial charge in [0.05, 0.1) is 6.61 Å². The Balaban J connectivity index is 3.03. The molecule has 1 saturated heterocycles. The number of hydrogen-bond acceptors (Lipinski definition) is 8. The molecule has 1 aliphatic rings. The molecule has 14 heteroatoms. The summed E-state index contributed by atoms with van der Waals surface area (Å²) in [4.78, 5) is 72.6. The van der Waals surface area contributed by atoms with E-state index in [1.807, 2.05) is 0 Å². The van der Waals surface area contributed by atoms with E-state index in [1.165, 1.54) is 0 Å². The van der Waals surface area contributed by atoms with Gasteiger partial charge in [0.15, 0.2) is 0 Å². The number of aliphatic hydroxyl groups is 1. The van der Waals surface area contributed by atoms with Gasteiger partial charge in [-0.3, -0.25) is 24.0 Å². The molecule has 4 unspecified atom stereocenters. The second-order valence-corrected chi connectivity index (χ2v) is 7.45. The highest BCUT2D eigenvalue weighted by atomic mass is 16.4. The molecule has 1 fully saturated rings. The lowest BCUT2D eigenvalue weighted by molar-refractivity contribution is -0.149. The summed E-state index contributed by atoms with van der Waals surface area (Å²) in [5.41, 5.74) is 15.7. The zero-order valence-corrected chi connectivity index (χ0v) is 17.5. The molecule has 14 nitrogen and oxygen atoms in total. The van der Waals surface area contributed by atoms with Crippen LogP contribution in [0, 0.1) is 0 Å². The second kappa shape index (κ2) is 12.6. The van der Waals surface area contributed by atoms with Gasteiger partial charge in [-0.2, -0.15) is 0 Å². The SMILES string of the molecule is NC(=O)CCC(NC(=O)C(N)CO)C(=O)NC(CCC(N)=O)C(=O)N1CCCC1C(=O)O. The summed E-state index contributed by atoms with van der Waals surface area (Å²) in [6.07, 6.45) is -0.266. The van der Waals surface area contributed by atoms with E-state index in [4.69, 9.17) is 22.3 Å². The highest BCUT2D eigenvalue weighted by Crippen LogP contribution is 2.19. The van der Waals surface area contributed by atoms with Gasteiger partial charge in [0, 0.05) is 19.4 Å². The molecular weight excluding hydrogens is 428 g/mol. The molecule has 10 N–H and O–H groups in total. The van der Waals surface area contributed by atoms with E-state index in [0.717, 1.165) is 4.90 Å². The zero-order chi connectivity index (χ0) is 24.4. The number of carbonyl (C=O) groups is 6. The number of aliphatic carboxylic acids is 1. The molecule has 1 rings (SSSR count). The van der Waals surface area contributed by atoms with Crippen LogP contribution in [0.4, 0.5) is 0 Å². The molecule has 0 spiro atoms. The topological polar surface area (TPSA) is 248 Å². The smallest absolute Gasteiger partial charge is 0.326 e. The molecule has 0 aromatic rings. The van der Waals surface area contributed by atoms with Crippen molar-refractivity contribution in [2.45, 2.75) is 62.7 Å². The Morgan fingerprint density at radius 2 is 1.47 bits per heavy atom. The number of primary amides is 2. The molecule has 4 atom stereocenters. The van der Waals surface area contributed by atoms with Crippen molar-refractivity contribution in [2.75, 3.05) is 13.2 Å². The first kappa shape index (κ1) is 26.8. The lowest BCUT2D eigenvalue weighted by Crippen LogP contribution is -2.57. The Morgan fingerprint density at radius 1 is 0.938 bits per heavy atom. The number of carboxylic acid groups (broad SMARTS) is 1. The largest absolute Gasteiger partial charge is 0.480 e. The number of amides is 5. The lowest BCUT2D eigenvalue weighted by atomic mass is 10.1. The highest BCUT2D eigenvalue weighted by Gasteiger charge is 2.38. The van der Waals surface area contributed by atoms with Crippen molar-refractivity contribution in [2.24, 2.45) is 17.2 Å². The van der Waals surface area contributed by atoms with E-state index in [9.17, 15) is 33.9 Å². The average Bonchev–Trinajstić information content (AvgIpc) is 3.22. The van der Waals surface area contributed by atoms with Gasteiger partial charge in [-0.25, -0.2) is 4.79 Å². The van der Waals surface area contributed by atoms with Crippen LogP contribution in [0.3, 0.4) is 0 Å². The van der Waals surface area contributed by atoms with Crippen LogP contribution in [-0.2, 0) is 28.8 Å². The Bertz CT molecular complexity index is 745. The fourth-order valence-electron chi connectivity index (χ4n) is 3.22. The molecule has 5 amide bonds. The minimum atomic E-state index is -1.33. The molecule has 1 aliphatic heterocycles. The van der Waals surface area contributed by atoms with E-state index in [1.54, 1.807) is 0 Å². The van der Waals surface area contributed by atoms with Gasteiger partial charge in [-0.05, 0) is 25.7 Å². The molecule has 0 saturated carbocycles.